The third-order valence-corrected chi connectivity index (χ3v) is 4.59. The Labute approximate surface area is 107 Å². The highest BCUT2D eigenvalue weighted by atomic mass is 16.5. The van der Waals surface area contributed by atoms with Crippen LogP contribution in [0.25, 0.3) is 0 Å². The van der Waals surface area contributed by atoms with Crippen LogP contribution in [0, 0.1) is 5.41 Å². The maximum absolute atomic E-state index is 5.51. The molecule has 0 radical (unpaired) electrons. The van der Waals surface area contributed by atoms with Gasteiger partial charge in [-0.25, -0.2) is 4.98 Å². The number of anilines is 1. The first-order chi connectivity index (χ1) is 8.85. The summed E-state index contributed by atoms with van der Waals surface area (Å²) in [5.74, 6) is 1.81. The molecule has 4 nitrogen and oxygen atoms in total. The van der Waals surface area contributed by atoms with Crippen LogP contribution in [0.4, 0.5) is 5.82 Å². The normalized spacial score (nSPS) is 26.1. The first-order valence-corrected chi connectivity index (χ1v) is 6.84. The van der Waals surface area contributed by atoms with E-state index in [1.807, 2.05) is 0 Å². The van der Waals surface area contributed by atoms with Crippen LogP contribution in [0.2, 0.25) is 0 Å². The molecule has 0 aliphatic carbocycles. The molecule has 1 N–H and O–H groups in total. The van der Waals surface area contributed by atoms with Gasteiger partial charge in [0.05, 0.1) is 6.61 Å². The van der Waals surface area contributed by atoms with Crippen LogP contribution in [0.1, 0.15) is 17.9 Å². The van der Waals surface area contributed by atoms with E-state index in [1.165, 1.54) is 12.0 Å². The number of nitrogens with one attached hydrogen (secondary N) is 1. The minimum Gasteiger partial charge on any atom is -0.381 e. The third-order valence-electron chi connectivity index (χ3n) is 4.59. The summed E-state index contributed by atoms with van der Waals surface area (Å²) in [5, 5.41) is 3.30. The van der Waals surface area contributed by atoms with Gasteiger partial charge in [-0.1, -0.05) is 6.07 Å². The van der Waals surface area contributed by atoms with E-state index in [9.17, 15) is 0 Å². The zero-order valence-electron chi connectivity index (χ0n) is 10.6. The van der Waals surface area contributed by atoms with E-state index in [-0.39, 0.29) is 0 Å². The van der Waals surface area contributed by atoms with Crippen molar-refractivity contribution in [3.8, 4) is 0 Å². The molecule has 3 fully saturated rings. The van der Waals surface area contributed by atoms with Gasteiger partial charge < -0.3 is 15.0 Å². The minimum absolute atomic E-state index is 0.443. The van der Waals surface area contributed by atoms with E-state index >= 15 is 0 Å². The molecular weight excluding hydrogens is 226 g/mol. The first kappa shape index (κ1) is 10.8. The van der Waals surface area contributed by atoms with Gasteiger partial charge in [-0.15, -0.1) is 0 Å². The molecule has 1 aromatic rings. The predicted octanol–water partition coefficient (Wildman–Crippen LogP) is 0.995. The Balaban J connectivity index is 1.43. The van der Waals surface area contributed by atoms with Gasteiger partial charge in [0.15, 0.2) is 0 Å². The van der Waals surface area contributed by atoms with E-state index in [2.05, 4.69) is 33.5 Å². The third kappa shape index (κ3) is 1.63. The highest BCUT2D eigenvalue weighted by Crippen LogP contribution is 2.40. The van der Waals surface area contributed by atoms with Crippen molar-refractivity contribution in [3.63, 3.8) is 0 Å². The van der Waals surface area contributed by atoms with E-state index in [4.69, 9.17) is 4.74 Å². The monoisotopic (exact) mass is 245 g/mol. The molecule has 4 rings (SSSR count). The molecule has 0 saturated carbocycles. The van der Waals surface area contributed by atoms with Crippen molar-refractivity contribution >= 4 is 5.82 Å². The van der Waals surface area contributed by atoms with Crippen LogP contribution in [0.3, 0.4) is 0 Å². The summed E-state index contributed by atoms with van der Waals surface area (Å²) in [4.78, 5) is 6.99. The Hall–Kier alpha value is -1.13. The second kappa shape index (κ2) is 3.93. The topological polar surface area (TPSA) is 37.4 Å². The molecule has 4 heteroatoms. The lowest BCUT2D eigenvalue weighted by Gasteiger charge is -2.47. The molecule has 1 spiro atoms. The summed E-state index contributed by atoms with van der Waals surface area (Å²) >= 11 is 0. The summed E-state index contributed by atoms with van der Waals surface area (Å²) in [6.45, 7) is 6.31. The van der Waals surface area contributed by atoms with Gasteiger partial charge in [0.2, 0.25) is 0 Å². The zero-order valence-corrected chi connectivity index (χ0v) is 10.6. The van der Waals surface area contributed by atoms with Gasteiger partial charge in [0.1, 0.15) is 5.82 Å². The molecule has 3 aliphatic heterocycles. The van der Waals surface area contributed by atoms with E-state index in [0.29, 0.717) is 11.3 Å². The molecule has 0 aromatic carbocycles. The average Bonchev–Trinajstić information content (AvgIpc) is 2.75. The number of ether oxygens (including phenoxy) is 1. The van der Waals surface area contributed by atoms with Crippen molar-refractivity contribution in [2.45, 2.75) is 12.3 Å². The fraction of sp³-hybridized carbons (Fsp3) is 0.643. The first-order valence-electron chi connectivity index (χ1n) is 6.84. The summed E-state index contributed by atoms with van der Waals surface area (Å²) in [6, 6.07) is 4.42. The standard InChI is InChI=1S/C14H19N3O/c1-2-13(16-7-11(1)12-5-15-6-12)17-8-14(9-17)3-4-18-10-14/h1-2,7,12,15H,3-6,8-10H2. The van der Waals surface area contributed by atoms with Crippen molar-refractivity contribution in [3.05, 3.63) is 23.9 Å². The Morgan fingerprint density at radius 1 is 1.33 bits per heavy atom. The van der Waals surface area contributed by atoms with Gasteiger partial charge in [0.25, 0.3) is 0 Å². The summed E-state index contributed by atoms with van der Waals surface area (Å²) in [7, 11) is 0. The van der Waals surface area contributed by atoms with Crippen molar-refractivity contribution in [1.29, 1.82) is 0 Å². The van der Waals surface area contributed by atoms with E-state index in [1.54, 1.807) is 0 Å². The number of rotatable bonds is 2. The Kier molecular flexibility index (Phi) is 2.35. The minimum atomic E-state index is 0.443. The summed E-state index contributed by atoms with van der Waals surface area (Å²) in [6.07, 6.45) is 3.27. The maximum atomic E-state index is 5.51. The fourth-order valence-electron chi connectivity index (χ4n) is 3.17. The molecule has 3 aliphatic rings. The molecule has 0 unspecified atom stereocenters. The lowest BCUT2D eigenvalue weighted by molar-refractivity contribution is 0.131. The van der Waals surface area contributed by atoms with Crippen molar-refractivity contribution in [2.24, 2.45) is 5.41 Å². The van der Waals surface area contributed by atoms with Gasteiger partial charge in [-0.2, -0.15) is 0 Å². The second-order valence-corrected chi connectivity index (χ2v) is 5.96. The lowest BCUT2D eigenvalue weighted by Crippen LogP contribution is -2.57. The Morgan fingerprint density at radius 2 is 2.22 bits per heavy atom. The maximum Gasteiger partial charge on any atom is 0.128 e. The van der Waals surface area contributed by atoms with Gasteiger partial charge >= 0.3 is 0 Å². The summed E-state index contributed by atoms with van der Waals surface area (Å²) < 4.78 is 5.51. The zero-order chi connectivity index (χ0) is 12.0. The number of hydrogen-bond donors (Lipinski definition) is 1. The molecule has 18 heavy (non-hydrogen) atoms. The predicted molar refractivity (Wildman–Crippen MR) is 69.9 cm³/mol. The average molecular weight is 245 g/mol. The van der Waals surface area contributed by atoms with Gasteiger partial charge in [-0.05, 0) is 18.1 Å². The Morgan fingerprint density at radius 3 is 2.78 bits per heavy atom. The van der Waals surface area contributed by atoms with Crippen LogP contribution in [-0.2, 0) is 4.74 Å². The van der Waals surface area contributed by atoms with E-state index < -0.39 is 0 Å². The van der Waals surface area contributed by atoms with Gasteiger partial charge in [0, 0.05) is 50.3 Å². The number of nitrogens with zero attached hydrogens (tertiary/aromatic N) is 2. The number of hydrogen-bond acceptors (Lipinski definition) is 4. The molecule has 0 atom stereocenters. The SMILES string of the molecule is c1cc(N2CC3(CCOC3)C2)ncc1C1CNC1. The fourth-order valence-corrected chi connectivity index (χ4v) is 3.17. The molecular formula is C14H19N3O. The molecule has 96 valence electrons. The quantitative estimate of drug-likeness (QED) is 0.843. The van der Waals surface area contributed by atoms with Crippen LogP contribution < -0.4 is 10.2 Å². The highest BCUT2D eigenvalue weighted by Gasteiger charge is 2.46. The van der Waals surface area contributed by atoms with Crippen molar-refractivity contribution in [1.82, 2.24) is 10.3 Å². The van der Waals surface area contributed by atoms with Crippen molar-refractivity contribution in [2.75, 3.05) is 44.3 Å². The van der Waals surface area contributed by atoms with Gasteiger partial charge in [-0.3, -0.25) is 0 Å². The summed E-state index contributed by atoms with van der Waals surface area (Å²) in [5.41, 5.74) is 1.81. The lowest BCUT2D eigenvalue weighted by atomic mass is 9.79. The van der Waals surface area contributed by atoms with Crippen LogP contribution in [-0.4, -0.2) is 44.4 Å². The van der Waals surface area contributed by atoms with Crippen LogP contribution in [0.5, 0.6) is 0 Å². The molecule has 4 heterocycles. The van der Waals surface area contributed by atoms with E-state index in [0.717, 1.165) is 45.2 Å². The van der Waals surface area contributed by atoms with Crippen molar-refractivity contribution < 1.29 is 4.74 Å². The Bertz CT molecular complexity index is 427. The van der Waals surface area contributed by atoms with Crippen LogP contribution in [0.15, 0.2) is 18.3 Å². The van der Waals surface area contributed by atoms with Crippen LogP contribution >= 0.6 is 0 Å². The largest absolute Gasteiger partial charge is 0.381 e. The number of aromatic nitrogens is 1. The highest BCUT2D eigenvalue weighted by molar-refractivity contribution is 5.44. The molecule has 0 amide bonds. The molecule has 3 saturated heterocycles. The second-order valence-electron chi connectivity index (χ2n) is 5.96. The smallest absolute Gasteiger partial charge is 0.128 e. The number of pyridine rings is 1. The molecule has 0 bridgehead atoms. The molecule has 1 aromatic heterocycles.